The van der Waals surface area contributed by atoms with Gasteiger partial charge in [0.25, 0.3) is 5.56 Å². The molecule has 0 aliphatic heterocycles. The van der Waals surface area contributed by atoms with Gasteiger partial charge in [-0.1, -0.05) is 6.92 Å². The summed E-state index contributed by atoms with van der Waals surface area (Å²) in [6.45, 7) is 1.81. The molecule has 4 nitrogen and oxygen atoms in total. The Kier molecular flexibility index (Phi) is 2.19. The molecule has 4 heteroatoms. The molecule has 2 heterocycles. The summed E-state index contributed by atoms with van der Waals surface area (Å²) >= 11 is 0. The number of aryl methyl sites for hydroxylation is 1. The average molecular weight is 204 g/mol. The van der Waals surface area contributed by atoms with Crippen molar-refractivity contribution in [2.75, 3.05) is 0 Å². The van der Waals surface area contributed by atoms with E-state index in [2.05, 4.69) is 0 Å². The van der Waals surface area contributed by atoms with Crippen LogP contribution in [0.4, 0.5) is 0 Å². The van der Waals surface area contributed by atoms with Crippen LogP contribution in [0, 0.1) is 0 Å². The number of nitrogens with zero attached hydrogens (tertiary/aromatic N) is 2. The van der Waals surface area contributed by atoms with Crippen LogP contribution >= 0.6 is 0 Å². The zero-order valence-corrected chi connectivity index (χ0v) is 8.73. The van der Waals surface area contributed by atoms with E-state index in [9.17, 15) is 9.59 Å². The highest BCUT2D eigenvalue weighted by Gasteiger charge is 2.10. The van der Waals surface area contributed by atoms with Gasteiger partial charge in [0, 0.05) is 25.9 Å². The quantitative estimate of drug-likeness (QED) is 0.690. The second-order valence-electron chi connectivity index (χ2n) is 3.46. The smallest absolute Gasteiger partial charge is 0.274 e. The Morgan fingerprint density at radius 2 is 2.07 bits per heavy atom. The van der Waals surface area contributed by atoms with E-state index < -0.39 is 0 Å². The minimum absolute atomic E-state index is 0.0447. The van der Waals surface area contributed by atoms with Crippen LogP contribution < -0.4 is 5.56 Å². The number of ketones is 1. The van der Waals surface area contributed by atoms with Crippen LogP contribution in [0.15, 0.2) is 29.3 Å². The van der Waals surface area contributed by atoms with Crippen molar-refractivity contribution in [3.8, 4) is 0 Å². The fourth-order valence-corrected chi connectivity index (χ4v) is 1.61. The fourth-order valence-electron chi connectivity index (χ4n) is 1.61. The zero-order valence-electron chi connectivity index (χ0n) is 8.73. The summed E-state index contributed by atoms with van der Waals surface area (Å²) < 4.78 is 3.14. The molecule has 0 saturated heterocycles. The largest absolute Gasteiger partial charge is 0.315 e. The lowest BCUT2D eigenvalue weighted by molar-refractivity contribution is 0.0982. The van der Waals surface area contributed by atoms with Crippen molar-refractivity contribution in [3.63, 3.8) is 0 Å². The first-order valence-electron chi connectivity index (χ1n) is 4.85. The van der Waals surface area contributed by atoms with E-state index in [0.29, 0.717) is 17.6 Å². The Morgan fingerprint density at radius 3 is 2.73 bits per heavy atom. The molecule has 0 spiro atoms. The molecule has 2 rings (SSSR count). The van der Waals surface area contributed by atoms with E-state index in [4.69, 9.17) is 0 Å². The Morgan fingerprint density at radius 1 is 1.33 bits per heavy atom. The predicted molar refractivity (Wildman–Crippen MR) is 57.3 cm³/mol. The summed E-state index contributed by atoms with van der Waals surface area (Å²) in [4.78, 5) is 23.2. The first-order chi connectivity index (χ1) is 7.15. The summed E-state index contributed by atoms with van der Waals surface area (Å²) in [6, 6.07) is 3.38. The average Bonchev–Trinajstić information content (AvgIpc) is 2.66. The van der Waals surface area contributed by atoms with Gasteiger partial charge >= 0.3 is 0 Å². The lowest BCUT2D eigenvalue weighted by Crippen LogP contribution is -2.18. The summed E-state index contributed by atoms with van der Waals surface area (Å²) in [7, 11) is 1.69. The van der Waals surface area contributed by atoms with E-state index >= 15 is 0 Å². The predicted octanol–water partition coefficient (Wildman–Crippen LogP) is 1.23. The molecule has 2 aromatic heterocycles. The number of carbonyl (C=O) groups excluding carboxylic acids is 1. The first-order valence-corrected chi connectivity index (χ1v) is 4.85. The number of rotatable bonds is 2. The van der Waals surface area contributed by atoms with Gasteiger partial charge in [-0.05, 0) is 12.1 Å². The fraction of sp³-hybridized carbons (Fsp3) is 0.273. The molecule has 0 atom stereocenters. The van der Waals surface area contributed by atoms with Crippen LogP contribution in [0.25, 0.3) is 5.52 Å². The standard InChI is InChI=1S/C11H12N2O2/c1-3-10(14)8-4-5-9-11(15)12(2)6-7-13(8)9/h4-7H,3H2,1-2H3. The van der Waals surface area contributed by atoms with Gasteiger partial charge in [0.05, 0.1) is 5.69 Å². The van der Waals surface area contributed by atoms with Crippen molar-refractivity contribution in [1.29, 1.82) is 0 Å². The molecule has 0 N–H and O–H groups in total. The molecule has 2 aromatic rings. The van der Waals surface area contributed by atoms with Crippen LogP contribution in [-0.4, -0.2) is 14.8 Å². The van der Waals surface area contributed by atoms with Gasteiger partial charge in [0.2, 0.25) is 0 Å². The molecule has 15 heavy (non-hydrogen) atoms. The molecule has 0 radical (unpaired) electrons. The number of Topliss-reactive ketones (excluding diaryl/α,β-unsaturated/α-hetero) is 1. The van der Waals surface area contributed by atoms with Gasteiger partial charge in [-0.25, -0.2) is 0 Å². The third kappa shape index (κ3) is 1.38. The van der Waals surface area contributed by atoms with Crippen LogP contribution in [0.5, 0.6) is 0 Å². The van der Waals surface area contributed by atoms with Crippen LogP contribution in [-0.2, 0) is 7.05 Å². The van der Waals surface area contributed by atoms with Gasteiger partial charge in [-0.2, -0.15) is 0 Å². The van der Waals surface area contributed by atoms with Crippen molar-refractivity contribution < 1.29 is 4.79 Å². The number of carbonyl (C=O) groups is 1. The topological polar surface area (TPSA) is 43.5 Å². The Labute approximate surface area is 86.8 Å². The molecule has 78 valence electrons. The van der Waals surface area contributed by atoms with Crippen LogP contribution in [0.3, 0.4) is 0 Å². The lowest BCUT2D eigenvalue weighted by atomic mass is 10.2. The highest BCUT2D eigenvalue weighted by molar-refractivity contribution is 5.95. The normalized spacial score (nSPS) is 10.8. The molecule has 0 amide bonds. The summed E-state index contributed by atoms with van der Waals surface area (Å²) in [5.41, 5.74) is 1.02. The molecular weight excluding hydrogens is 192 g/mol. The second-order valence-corrected chi connectivity index (χ2v) is 3.46. The molecule has 0 unspecified atom stereocenters. The molecule has 0 fully saturated rings. The minimum Gasteiger partial charge on any atom is -0.315 e. The number of hydrogen-bond donors (Lipinski definition) is 0. The van der Waals surface area contributed by atoms with E-state index in [1.807, 2.05) is 6.92 Å². The zero-order chi connectivity index (χ0) is 11.0. The molecular formula is C11H12N2O2. The maximum absolute atomic E-state index is 11.7. The van der Waals surface area contributed by atoms with E-state index in [1.165, 1.54) is 4.57 Å². The molecule has 0 aromatic carbocycles. The minimum atomic E-state index is -0.0901. The highest BCUT2D eigenvalue weighted by atomic mass is 16.1. The van der Waals surface area contributed by atoms with Gasteiger partial charge < -0.3 is 8.97 Å². The molecule has 0 aliphatic rings. The Bertz CT molecular complexity index is 578. The monoisotopic (exact) mass is 204 g/mol. The number of fused-ring (bicyclic) bond motifs is 1. The molecule has 0 bridgehead atoms. The van der Waals surface area contributed by atoms with Crippen molar-refractivity contribution >= 4 is 11.3 Å². The van der Waals surface area contributed by atoms with E-state index in [1.54, 1.807) is 36.0 Å². The first kappa shape index (κ1) is 9.71. The number of aromatic nitrogens is 2. The van der Waals surface area contributed by atoms with Crippen LogP contribution in [0.1, 0.15) is 23.8 Å². The maximum Gasteiger partial charge on any atom is 0.274 e. The van der Waals surface area contributed by atoms with Crippen molar-refractivity contribution in [2.24, 2.45) is 7.05 Å². The van der Waals surface area contributed by atoms with E-state index in [0.717, 1.165) is 0 Å². The lowest BCUT2D eigenvalue weighted by Gasteiger charge is -2.01. The summed E-state index contributed by atoms with van der Waals surface area (Å²) in [5, 5.41) is 0. The van der Waals surface area contributed by atoms with Gasteiger partial charge in [0.1, 0.15) is 5.52 Å². The summed E-state index contributed by atoms with van der Waals surface area (Å²) in [5.74, 6) is 0.0447. The van der Waals surface area contributed by atoms with Gasteiger partial charge in [-0.3, -0.25) is 9.59 Å². The van der Waals surface area contributed by atoms with Crippen molar-refractivity contribution in [1.82, 2.24) is 8.97 Å². The third-order valence-electron chi connectivity index (χ3n) is 2.50. The second kappa shape index (κ2) is 3.38. The van der Waals surface area contributed by atoms with E-state index in [-0.39, 0.29) is 11.3 Å². The van der Waals surface area contributed by atoms with Crippen molar-refractivity contribution in [3.05, 3.63) is 40.6 Å². The third-order valence-corrected chi connectivity index (χ3v) is 2.50. The van der Waals surface area contributed by atoms with Gasteiger partial charge in [0.15, 0.2) is 5.78 Å². The molecule has 0 saturated carbocycles. The number of hydrogen-bond acceptors (Lipinski definition) is 2. The Hall–Kier alpha value is -1.84. The molecule has 0 aliphatic carbocycles. The van der Waals surface area contributed by atoms with Crippen molar-refractivity contribution in [2.45, 2.75) is 13.3 Å². The Balaban J connectivity index is 2.78. The van der Waals surface area contributed by atoms with Gasteiger partial charge in [-0.15, -0.1) is 0 Å². The maximum atomic E-state index is 11.7. The summed E-state index contributed by atoms with van der Waals surface area (Å²) in [6.07, 6.45) is 3.84. The highest BCUT2D eigenvalue weighted by Crippen LogP contribution is 2.08. The SMILES string of the molecule is CCC(=O)c1ccc2c(=O)n(C)ccn12. The van der Waals surface area contributed by atoms with Crippen LogP contribution in [0.2, 0.25) is 0 Å².